The van der Waals surface area contributed by atoms with Crippen LogP contribution in [0.3, 0.4) is 0 Å². The SMILES string of the molecule is O=C(CC1CCCC1)N1CC=C(c2ccc(O)cc2)CC1. The molecule has 1 amide bonds. The fraction of sp³-hybridized carbons (Fsp3) is 0.500. The van der Waals surface area contributed by atoms with Crippen LogP contribution >= 0.6 is 0 Å². The molecule has 3 nitrogen and oxygen atoms in total. The summed E-state index contributed by atoms with van der Waals surface area (Å²) in [5, 5.41) is 9.33. The van der Waals surface area contributed by atoms with Crippen LogP contribution in [0.25, 0.3) is 5.57 Å². The second-order valence-electron chi connectivity index (χ2n) is 6.22. The number of phenolic OH excluding ortho intramolecular Hbond substituents is 1. The Morgan fingerprint density at radius 2 is 1.90 bits per heavy atom. The Bertz CT molecular complexity index is 527. The summed E-state index contributed by atoms with van der Waals surface area (Å²) < 4.78 is 0. The molecule has 0 bridgehead atoms. The number of nitrogens with zero attached hydrogens (tertiary/aromatic N) is 1. The summed E-state index contributed by atoms with van der Waals surface area (Å²) in [5.74, 6) is 1.24. The van der Waals surface area contributed by atoms with E-state index in [2.05, 4.69) is 6.08 Å². The molecule has 0 radical (unpaired) electrons. The van der Waals surface area contributed by atoms with Crippen LogP contribution in [-0.2, 0) is 4.79 Å². The Kier molecular flexibility index (Phi) is 4.28. The van der Waals surface area contributed by atoms with E-state index >= 15 is 0 Å². The molecule has 21 heavy (non-hydrogen) atoms. The van der Waals surface area contributed by atoms with Gasteiger partial charge in [-0.05, 0) is 48.4 Å². The van der Waals surface area contributed by atoms with Crippen molar-refractivity contribution in [1.29, 1.82) is 0 Å². The summed E-state index contributed by atoms with van der Waals surface area (Å²) >= 11 is 0. The highest BCUT2D eigenvalue weighted by Gasteiger charge is 2.23. The summed E-state index contributed by atoms with van der Waals surface area (Å²) in [5.41, 5.74) is 2.43. The maximum atomic E-state index is 12.3. The zero-order valence-corrected chi connectivity index (χ0v) is 12.4. The highest BCUT2D eigenvalue weighted by Crippen LogP contribution is 2.29. The van der Waals surface area contributed by atoms with Crippen LogP contribution in [-0.4, -0.2) is 29.0 Å². The molecule has 0 atom stereocenters. The Hall–Kier alpha value is -1.77. The number of hydrogen-bond donors (Lipinski definition) is 1. The molecule has 1 N–H and O–H groups in total. The molecule has 1 aliphatic carbocycles. The summed E-state index contributed by atoms with van der Waals surface area (Å²) in [4.78, 5) is 14.3. The zero-order chi connectivity index (χ0) is 14.7. The molecule has 1 saturated carbocycles. The van der Waals surface area contributed by atoms with Gasteiger partial charge in [0.05, 0.1) is 0 Å². The van der Waals surface area contributed by atoms with Crippen molar-refractivity contribution < 1.29 is 9.90 Å². The first-order valence-corrected chi connectivity index (χ1v) is 7.98. The number of carbonyl (C=O) groups excluding carboxylic acids is 1. The second kappa shape index (κ2) is 6.33. The first-order valence-electron chi connectivity index (χ1n) is 7.98. The van der Waals surface area contributed by atoms with Crippen molar-refractivity contribution in [3.05, 3.63) is 35.9 Å². The van der Waals surface area contributed by atoms with Gasteiger partial charge >= 0.3 is 0 Å². The fourth-order valence-corrected chi connectivity index (χ4v) is 3.42. The molecule has 1 aliphatic heterocycles. The van der Waals surface area contributed by atoms with E-state index in [4.69, 9.17) is 0 Å². The van der Waals surface area contributed by atoms with E-state index in [9.17, 15) is 9.90 Å². The quantitative estimate of drug-likeness (QED) is 0.922. The molecule has 112 valence electrons. The summed E-state index contributed by atoms with van der Waals surface area (Å²) in [6.45, 7) is 1.54. The van der Waals surface area contributed by atoms with E-state index in [-0.39, 0.29) is 0 Å². The highest BCUT2D eigenvalue weighted by molar-refractivity contribution is 5.78. The number of rotatable bonds is 3. The van der Waals surface area contributed by atoms with Crippen LogP contribution in [0.4, 0.5) is 0 Å². The van der Waals surface area contributed by atoms with Crippen LogP contribution < -0.4 is 0 Å². The van der Waals surface area contributed by atoms with Gasteiger partial charge in [-0.15, -0.1) is 0 Å². The molecule has 1 heterocycles. The largest absolute Gasteiger partial charge is 0.508 e. The number of aromatic hydroxyl groups is 1. The lowest BCUT2D eigenvalue weighted by atomic mass is 9.98. The lowest BCUT2D eigenvalue weighted by Crippen LogP contribution is -2.35. The molecule has 3 heteroatoms. The molecule has 0 spiro atoms. The van der Waals surface area contributed by atoms with Gasteiger partial charge in [-0.25, -0.2) is 0 Å². The first kappa shape index (κ1) is 14.2. The predicted octanol–water partition coefficient (Wildman–Crippen LogP) is 3.59. The van der Waals surface area contributed by atoms with Gasteiger partial charge in [0.15, 0.2) is 0 Å². The molecule has 0 aromatic heterocycles. The third kappa shape index (κ3) is 3.46. The maximum Gasteiger partial charge on any atom is 0.223 e. The topological polar surface area (TPSA) is 40.5 Å². The number of phenols is 1. The van der Waals surface area contributed by atoms with E-state index in [1.165, 1.54) is 31.3 Å². The lowest BCUT2D eigenvalue weighted by Gasteiger charge is -2.27. The van der Waals surface area contributed by atoms with Crippen molar-refractivity contribution in [2.24, 2.45) is 5.92 Å². The standard InChI is InChI=1S/C18H23NO2/c20-17-7-5-15(6-8-17)16-9-11-19(12-10-16)18(21)13-14-3-1-2-4-14/h5-9,14,20H,1-4,10-13H2. The Morgan fingerprint density at radius 3 is 2.52 bits per heavy atom. The van der Waals surface area contributed by atoms with Gasteiger partial charge in [0, 0.05) is 19.5 Å². The number of carbonyl (C=O) groups is 1. The molecule has 2 aliphatic rings. The van der Waals surface area contributed by atoms with Gasteiger partial charge < -0.3 is 10.0 Å². The van der Waals surface area contributed by atoms with Gasteiger partial charge in [-0.1, -0.05) is 31.1 Å². The maximum absolute atomic E-state index is 12.3. The van der Waals surface area contributed by atoms with Crippen molar-refractivity contribution in [2.75, 3.05) is 13.1 Å². The summed E-state index contributed by atoms with van der Waals surface area (Å²) in [6.07, 6.45) is 8.85. The number of hydrogen-bond acceptors (Lipinski definition) is 2. The van der Waals surface area contributed by atoms with Crippen LogP contribution in [0.2, 0.25) is 0 Å². The molecule has 0 unspecified atom stereocenters. The van der Waals surface area contributed by atoms with Crippen LogP contribution in [0.15, 0.2) is 30.3 Å². The third-order valence-corrected chi connectivity index (χ3v) is 4.74. The lowest BCUT2D eigenvalue weighted by molar-refractivity contribution is -0.131. The van der Waals surface area contributed by atoms with Crippen LogP contribution in [0, 0.1) is 5.92 Å². The van der Waals surface area contributed by atoms with E-state index < -0.39 is 0 Å². The average molecular weight is 285 g/mol. The van der Waals surface area contributed by atoms with Gasteiger partial charge in [0.1, 0.15) is 5.75 Å². The first-order chi connectivity index (χ1) is 10.2. The van der Waals surface area contributed by atoms with Crippen molar-refractivity contribution in [3.63, 3.8) is 0 Å². The highest BCUT2D eigenvalue weighted by atomic mass is 16.3. The van der Waals surface area contributed by atoms with E-state index in [1.807, 2.05) is 17.0 Å². The van der Waals surface area contributed by atoms with E-state index in [1.54, 1.807) is 12.1 Å². The molecule has 1 aromatic carbocycles. The van der Waals surface area contributed by atoms with E-state index in [0.29, 0.717) is 17.6 Å². The van der Waals surface area contributed by atoms with Gasteiger partial charge in [-0.3, -0.25) is 4.79 Å². The molecule has 0 saturated heterocycles. The average Bonchev–Trinajstić information content (AvgIpc) is 3.01. The van der Waals surface area contributed by atoms with Crippen molar-refractivity contribution in [2.45, 2.75) is 38.5 Å². The van der Waals surface area contributed by atoms with Gasteiger partial charge in [-0.2, -0.15) is 0 Å². The van der Waals surface area contributed by atoms with Crippen molar-refractivity contribution in [1.82, 2.24) is 4.90 Å². The predicted molar refractivity (Wildman–Crippen MR) is 83.9 cm³/mol. The third-order valence-electron chi connectivity index (χ3n) is 4.74. The van der Waals surface area contributed by atoms with Crippen molar-refractivity contribution in [3.8, 4) is 5.75 Å². The normalized spacial score (nSPS) is 19.6. The summed E-state index contributed by atoms with van der Waals surface area (Å²) in [7, 11) is 0. The van der Waals surface area contributed by atoms with Crippen LogP contribution in [0.1, 0.15) is 44.1 Å². The fourth-order valence-electron chi connectivity index (χ4n) is 3.42. The van der Waals surface area contributed by atoms with Gasteiger partial charge in [0.25, 0.3) is 0 Å². The Labute approximate surface area is 126 Å². The van der Waals surface area contributed by atoms with E-state index in [0.717, 1.165) is 31.5 Å². The molecule has 3 rings (SSSR count). The smallest absolute Gasteiger partial charge is 0.223 e. The minimum absolute atomic E-state index is 0.295. The molecular formula is C18H23NO2. The minimum Gasteiger partial charge on any atom is -0.508 e. The number of benzene rings is 1. The number of amides is 1. The Balaban J connectivity index is 1.58. The second-order valence-corrected chi connectivity index (χ2v) is 6.22. The zero-order valence-electron chi connectivity index (χ0n) is 12.4. The molecular weight excluding hydrogens is 262 g/mol. The monoisotopic (exact) mass is 285 g/mol. The minimum atomic E-state index is 0.295. The Morgan fingerprint density at radius 1 is 1.19 bits per heavy atom. The van der Waals surface area contributed by atoms with Crippen LogP contribution in [0.5, 0.6) is 5.75 Å². The molecule has 1 aromatic rings. The summed E-state index contributed by atoms with van der Waals surface area (Å²) in [6, 6.07) is 7.32. The molecule has 1 fully saturated rings. The van der Waals surface area contributed by atoms with Crippen molar-refractivity contribution >= 4 is 11.5 Å². The van der Waals surface area contributed by atoms with Gasteiger partial charge in [0.2, 0.25) is 5.91 Å².